The highest BCUT2D eigenvalue weighted by Gasteiger charge is 2.40. The summed E-state index contributed by atoms with van der Waals surface area (Å²) in [7, 11) is 0. The summed E-state index contributed by atoms with van der Waals surface area (Å²) < 4.78 is 0. The van der Waals surface area contributed by atoms with E-state index in [2.05, 4.69) is 10.2 Å². The minimum absolute atomic E-state index is 0.0524. The van der Waals surface area contributed by atoms with Gasteiger partial charge in [0.15, 0.2) is 0 Å². The van der Waals surface area contributed by atoms with Crippen LogP contribution in [0.2, 0.25) is 5.02 Å². The van der Waals surface area contributed by atoms with E-state index in [1.165, 1.54) is 25.3 Å². The van der Waals surface area contributed by atoms with Crippen LogP contribution in [0.1, 0.15) is 32.1 Å². The van der Waals surface area contributed by atoms with E-state index in [4.69, 9.17) is 11.6 Å². The Morgan fingerprint density at radius 2 is 2.05 bits per heavy atom. The van der Waals surface area contributed by atoms with Crippen LogP contribution in [0.25, 0.3) is 0 Å². The Labute approximate surface area is 129 Å². The second kappa shape index (κ2) is 5.81. The lowest BCUT2D eigenvalue weighted by atomic mass is 9.78. The number of piperazine rings is 1. The van der Waals surface area contributed by atoms with Crippen LogP contribution in [-0.2, 0) is 0 Å². The smallest absolute Gasteiger partial charge is 0.271 e. The van der Waals surface area contributed by atoms with Gasteiger partial charge in [-0.25, -0.2) is 0 Å². The monoisotopic (exact) mass is 309 g/mol. The second-order valence-corrected chi connectivity index (χ2v) is 6.41. The molecule has 0 radical (unpaired) electrons. The molecule has 1 aromatic carbocycles. The molecule has 0 bridgehead atoms. The molecule has 1 aliphatic carbocycles. The van der Waals surface area contributed by atoms with Gasteiger partial charge in [0.05, 0.1) is 21.2 Å². The van der Waals surface area contributed by atoms with Crippen LogP contribution in [-0.4, -0.2) is 30.1 Å². The number of nitro benzene ring substituents is 1. The summed E-state index contributed by atoms with van der Waals surface area (Å²) >= 11 is 6.34. The van der Waals surface area contributed by atoms with Gasteiger partial charge in [0.25, 0.3) is 5.69 Å². The summed E-state index contributed by atoms with van der Waals surface area (Å²) in [5, 5.41) is 14.8. The van der Waals surface area contributed by atoms with Gasteiger partial charge in [0.1, 0.15) is 0 Å². The number of halogens is 1. The maximum Gasteiger partial charge on any atom is 0.271 e. The summed E-state index contributed by atoms with van der Waals surface area (Å²) in [6.45, 7) is 2.80. The number of nitro groups is 1. The van der Waals surface area contributed by atoms with Crippen molar-refractivity contribution in [3.8, 4) is 0 Å². The van der Waals surface area contributed by atoms with E-state index in [0.29, 0.717) is 5.02 Å². The predicted octanol–water partition coefficient (Wildman–Crippen LogP) is 3.36. The van der Waals surface area contributed by atoms with Crippen molar-refractivity contribution in [1.29, 1.82) is 0 Å². The van der Waals surface area contributed by atoms with E-state index in [9.17, 15) is 10.1 Å². The molecule has 1 spiro atoms. The molecule has 0 atom stereocenters. The molecule has 1 saturated heterocycles. The molecule has 6 heteroatoms. The lowest BCUT2D eigenvalue weighted by Crippen LogP contribution is -2.62. The minimum Gasteiger partial charge on any atom is -0.362 e. The topological polar surface area (TPSA) is 58.4 Å². The fourth-order valence-corrected chi connectivity index (χ4v) is 3.98. The fourth-order valence-electron chi connectivity index (χ4n) is 3.71. The van der Waals surface area contributed by atoms with E-state index >= 15 is 0 Å². The SMILES string of the molecule is O=[N+]([O-])c1ccc(N2CCNCC23CCCCC3)c(Cl)c1. The molecule has 2 fully saturated rings. The van der Waals surface area contributed by atoms with E-state index < -0.39 is 4.92 Å². The Balaban J connectivity index is 1.95. The molecule has 114 valence electrons. The molecule has 0 unspecified atom stereocenters. The van der Waals surface area contributed by atoms with Crippen LogP contribution in [0, 0.1) is 10.1 Å². The average molecular weight is 310 g/mol. The Hall–Kier alpha value is -1.33. The molecule has 1 N–H and O–H groups in total. The predicted molar refractivity (Wildman–Crippen MR) is 84.1 cm³/mol. The van der Waals surface area contributed by atoms with E-state index in [-0.39, 0.29) is 11.2 Å². The molecule has 1 aliphatic heterocycles. The summed E-state index contributed by atoms with van der Waals surface area (Å²) in [6.07, 6.45) is 6.09. The van der Waals surface area contributed by atoms with Crippen LogP contribution in [0.3, 0.4) is 0 Å². The number of benzene rings is 1. The zero-order valence-corrected chi connectivity index (χ0v) is 12.7. The normalized spacial score (nSPS) is 21.5. The molecule has 2 aliphatic rings. The van der Waals surface area contributed by atoms with E-state index in [1.807, 2.05) is 6.07 Å². The van der Waals surface area contributed by atoms with Gasteiger partial charge in [-0.1, -0.05) is 30.9 Å². The lowest BCUT2D eigenvalue weighted by molar-refractivity contribution is -0.384. The van der Waals surface area contributed by atoms with Crippen molar-refractivity contribution in [2.45, 2.75) is 37.6 Å². The number of rotatable bonds is 2. The minimum atomic E-state index is -0.399. The number of nitrogens with one attached hydrogen (secondary N) is 1. The Bertz CT molecular complexity index is 535. The van der Waals surface area contributed by atoms with Crippen molar-refractivity contribution in [2.75, 3.05) is 24.5 Å². The molecule has 1 saturated carbocycles. The molecule has 0 amide bonds. The number of hydrogen-bond donors (Lipinski definition) is 1. The standard InChI is InChI=1S/C15H20ClN3O2/c16-13-10-12(19(20)21)4-5-14(13)18-9-8-17-11-15(18)6-2-1-3-7-15/h4-5,10,17H,1-3,6-9,11H2. The van der Waals surface area contributed by atoms with Gasteiger partial charge in [-0.15, -0.1) is 0 Å². The number of non-ortho nitro benzene ring substituents is 1. The Morgan fingerprint density at radius 3 is 2.71 bits per heavy atom. The van der Waals surface area contributed by atoms with E-state index in [0.717, 1.165) is 38.2 Å². The third-order valence-corrected chi connectivity index (χ3v) is 5.06. The first kappa shape index (κ1) is 14.6. The first-order chi connectivity index (χ1) is 10.1. The zero-order chi connectivity index (χ0) is 14.9. The van der Waals surface area contributed by atoms with Gasteiger partial charge in [-0.05, 0) is 18.9 Å². The van der Waals surface area contributed by atoms with Gasteiger partial charge in [-0.3, -0.25) is 10.1 Å². The van der Waals surface area contributed by atoms with Crippen molar-refractivity contribution < 1.29 is 4.92 Å². The zero-order valence-electron chi connectivity index (χ0n) is 12.0. The van der Waals surface area contributed by atoms with Gasteiger partial charge >= 0.3 is 0 Å². The quantitative estimate of drug-likeness (QED) is 0.672. The largest absolute Gasteiger partial charge is 0.362 e. The Morgan fingerprint density at radius 1 is 1.29 bits per heavy atom. The van der Waals surface area contributed by atoms with Crippen LogP contribution in [0.15, 0.2) is 18.2 Å². The van der Waals surface area contributed by atoms with Crippen molar-refractivity contribution in [3.05, 3.63) is 33.3 Å². The van der Waals surface area contributed by atoms with Crippen molar-refractivity contribution in [2.24, 2.45) is 0 Å². The number of anilines is 1. The average Bonchev–Trinajstić information content (AvgIpc) is 2.49. The molecule has 0 aromatic heterocycles. The molecule has 1 heterocycles. The third-order valence-electron chi connectivity index (χ3n) is 4.76. The van der Waals surface area contributed by atoms with Crippen LogP contribution in [0.4, 0.5) is 11.4 Å². The number of nitrogens with zero attached hydrogens (tertiary/aromatic N) is 2. The molecular formula is C15H20ClN3O2. The third kappa shape index (κ3) is 2.72. The van der Waals surface area contributed by atoms with Gasteiger partial charge in [0.2, 0.25) is 0 Å². The fraction of sp³-hybridized carbons (Fsp3) is 0.600. The maximum atomic E-state index is 10.9. The van der Waals surface area contributed by atoms with Crippen molar-refractivity contribution in [1.82, 2.24) is 5.32 Å². The molecule has 1 aromatic rings. The van der Waals surface area contributed by atoms with E-state index in [1.54, 1.807) is 6.07 Å². The van der Waals surface area contributed by atoms with Crippen molar-refractivity contribution >= 4 is 23.0 Å². The van der Waals surface area contributed by atoms with Crippen molar-refractivity contribution in [3.63, 3.8) is 0 Å². The first-order valence-corrected chi connectivity index (χ1v) is 7.92. The van der Waals surface area contributed by atoms with Crippen LogP contribution in [0.5, 0.6) is 0 Å². The molecule has 5 nitrogen and oxygen atoms in total. The highest BCUT2D eigenvalue weighted by Crippen LogP contribution is 2.41. The van der Waals surface area contributed by atoms with Crippen LogP contribution < -0.4 is 10.2 Å². The molecular weight excluding hydrogens is 290 g/mol. The summed E-state index contributed by atoms with van der Waals surface area (Å²) in [5.74, 6) is 0. The van der Waals surface area contributed by atoms with Gasteiger partial charge in [0, 0.05) is 31.8 Å². The lowest BCUT2D eigenvalue weighted by Gasteiger charge is -2.51. The summed E-state index contributed by atoms with van der Waals surface area (Å²) in [4.78, 5) is 12.8. The maximum absolute atomic E-state index is 10.9. The first-order valence-electron chi connectivity index (χ1n) is 7.55. The highest BCUT2D eigenvalue weighted by atomic mass is 35.5. The van der Waals surface area contributed by atoms with Gasteiger partial charge in [-0.2, -0.15) is 0 Å². The summed E-state index contributed by atoms with van der Waals surface area (Å²) in [6, 6.07) is 4.83. The van der Waals surface area contributed by atoms with Crippen LogP contribution >= 0.6 is 11.6 Å². The molecule has 3 rings (SSSR count). The Kier molecular flexibility index (Phi) is 4.04. The molecule has 21 heavy (non-hydrogen) atoms. The highest BCUT2D eigenvalue weighted by molar-refractivity contribution is 6.33. The summed E-state index contributed by atoms with van der Waals surface area (Å²) in [5.41, 5.74) is 1.11. The second-order valence-electron chi connectivity index (χ2n) is 6.01. The van der Waals surface area contributed by atoms with Gasteiger partial charge < -0.3 is 10.2 Å². The number of hydrogen-bond acceptors (Lipinski definition) is 4.